The van der Waals surface area contributed by atoms with Crippen molar-refractivity contribution in [1.82, 2.24) is 0 Å². The first-order valence-electron chi connectivity index (χ1n) is 5.82. The number of rotatable bonds is 4. The average Bonchev–Trinajstić information content (AvgIpc) is 2.89. The van der Waals surface area contributed by atoms with Crippen LogP contribution in [0.15, 0.2) is 33.2 Å². The van der Waals surface area contributed by atoms with E-state index in [9.17, 15) is 4.39 Å². The Morgan fingerprint density at radius 2 is 2.16 bits per heavy atom. The monoisotopic (exact) mass is 346 g/mol. The van der Waals surface area contributed by atoms with Gasteiger partial charge in [-0.2, -0.15) is 0 Å². The number of furan rings is 1. The number of alkyl halides is 1. The molecule has 0 saturated carbocycles. The smallest absolute Gasteiger partial charge is 0.141 e. The van der Waals surface area contributed by atoms with Gasteiger partial charge in [0.1, 0.15) is 28.5 Å². The highest BCUT2D eigenvalue weighted by atomic mass is 79.9. The summed E-state index contributed by atoms with van der Waals surface area (Å²) < 4.78 is 24.6. The molecule has 1 heterocycles. The largest absolute Gasteiger partial charge is 0.496 e. The lowest BCUT2D eigenvalue weighted by atomic mass is 10.1. The number of ether oxygens (including phenoxy) is 1. The van der Waals surface area contributed by atoms with Gasteiger partial charge in [0.15, 0.2) is 0 Å². The summed E-state index contributed by atoms with van der Waals surface area (Å²) in [6.45, 7) is 2.00. The van der Waals surface area contributed by atoms with Crippen LogP contribution < -0.4 is 4.74 Å². The molecule has 0 bridgehead atoms. The molecular formula is C14H13BrClFO2. The van der Waals surface area contributed by atoms with Crippen LogP contribution in [0.3, 0.4) is 0 Å². The second kappa shape index (κ2) is 5.97. The molecule has 5 heteroatoms. The minimum Gasteiger partial charge on any atom is -0.496 e. The number of hydrogen-bond acceptors (Lipinski definition) is 2. The van der Waals surface area contributed by atoms with Gasteiger partial charge in [-0.3, -0.25) is 0 Å². The van der Waals surface area contributed by atoms with Crippen molar-refractivity contribution in [3.8, 4) is 5.75 Å². The van der Waals surface area contributed by atoms with Crippen LogP contribution in [0.25, 0.3) is 0 Å². The zero-order valence-electron chi connectivity index (χ0n) is 10.5. The van der Waals surface area contributed by atoms with Gasteiger partial charge in [0.25, 0.3) is 0 Å². The number of halogens is 3. The van der Waals surface area contributed by atoms with Crippen molar-refractivity contribution in [3.05, 3.63) is 51.6 Å². The molecule has 0 fully saturated rings. The van der Waals surface area contributed by atoms with Crippen LogP contribution in [0.4, 0.5) is 4.39 Å². The third-order valence-electron chi connectivity index (χ3n) is 2.83. The molecule has 0 saturated heterocycles. The highest BCUT2D eigenvalue weighted by Gasteiger charge is 2.21. The first-order valence-corrected chi connectivity index (χ1v) is 7.05. The summed E-state index contributed by atoms with van der Waals surface area (Å²) in [4.78, 5) is 0. The van der Waals surface area contributed by atoms with E-state index in [2.05, 4.69) is 15.9 Å². The van der Waals surface area contributed by atoms with Crippen molar-refractivity contribution in [2.45, 2.75) is 18.7 Å². The van der Waals surface area contributed by atoms with Gasteiger partial charge in [-0.1, -0.05) is 6.92 Å². The molecule has 1 aromatic carbocycles. The van der Waals surface area contributed by atoms with Gasteiger partial charge in [0, 0.05) is 18.1 Å². The van der Waals surface area contributed by atoms with Gasteiger partial charge >= 0.3 is 0 Å². The first-order chi connectivity index (χ1) is 9.06. The highest BCUT2D eigenvalue weighted by Crippen LogP contribution is 2.38. The van der Waals surface area contributed by atoms with Crippen molar-refractivity contribution >= 4 is 27.5 Å². The summed E-state index contributed by atoms with van der Waals surface area (Å²) in [5, 5.41) is -0.521. The van der Waals surface area contributed by atoms with E-state index in [0.717, 1.165) is 12.2 Å². The standard InChI is InChI=1S/C14H13BrClFO2/c1-3-8-4-5-12(19-8)14(16)9-6-10(15)11(17)7-13(9)18-2/h4-7,14H,3H2,1-2H3. The lowest BCUT2D eigenvalue weighted by molar-refractivity contribution is 0.403. The Kier molecular flexibility index (Phi) is 4.53. The molecule has 0 radical (unpaired) electrons. The van der Waals surface area contributed by atoms with Crippen LogP contribution in [-0.2, 0) is 6.42 Å². The van der Waals surface area contributed by atoms with E-state index < -0.39 is 11.2 Å². The quantitative estimate of drug-likeness (QED) is 0.720. The summed E-state index contributed by atoms with van der Waals surface area (Å²) in [5.74, 6) is 1.49. The third kappa shape index (κ3) is 2.95. The number of benzene rings is 1. The third-order valence-corrected chi connectivity index (χ3v) is 3.88. The molecule has 1 aromatic heterocycles. The Hall–Kier alpha value is -1.00. The van der Waals surface area contributed by atoms with Gasteiger partial charge in [-0.25, -0.2) is 4.39 Å². The van der Waals surface area contributed by atoms with Gasteiger partial charge in [-0.15, -0.1) is 11.6 Å². The summed E-state index contributed by atoms with van der Waals surface area (Å²) in [5.41, 5.74) is 0.662. The molecule has 1 atom stereocenters. The van der Waals surface area contributed by atoms with Gasteiger partial charge in [0.2, 0.25) is 0 Å². The second-order valence-corrected chi connectivity index (χ2v) is 5.32. The average molecular weight is 348 g/mol. The van der Waals surface area contributed by atoms with Crippen LogP contribution >= 0.6 is 27.5 Å². The summed E-state index contributed by atoms with van der Waals surface area (Å²) in [7, 11) is 1.48. The lowest BCUT2D eigenvalue weighted by Gasteiger charge is -2.13. The summed E-state index contributed by atoms with van der Waals surface area (Å²) in [6, 6.07) is 6.63. The fourth-order valence-electron chi connectivity index (χ4n) is 1.79. The maximum absolute atomic E-state index is 13.5. The molecule has 0 amide bonds. The Labute approximate surface area is 124 Å². The van der Waals surface area contributed by atoms with Gasteiger partial charge < -0.3 is 9.15 Å². The van der Waals surface area contributed by atoms with E-state index in [0.29, 0.717) is 21.5 Å². The molecule has 0 spiro atoms. The van der Waals surface area contributed by atoms with Crippen molar-refractivity contribution in [3.63, 3.8) is 0 Å². The van der Waals surface area contributed by atoms with Crippen molar-refractivity contribution < 1.29 is 13.5 Å². The Bertz CT molecular complexity index is 583. The maximum Gasteiger partial charge on any atom is 0.141 e. The van der Waals surface area contributed by atoms with Crippen LogP contribution in [0.2, 0.25) is 0 Å². The fraction of sp³-hybridized carbons (Fsp3) is 0.286. The van der Waals surface area contributed by atoms with Gasteiger partial charge in [0.05, 0.1) is 11.6 Å². The Morgan fingerprint density at radius 3 is 2.74 bits per heavy atom. The first kappa shape index (κ1) is 14.4. The number of methoxy groups -OCH3 is 1. The molecule has 0 N–H and O–H groups in total. The molecule has 19 heavy (non-hydrogen) atoms. The second-order valence-electron chi connectivity index (χ2n) is 4.03. The highest BCUT2D eigenvalue weighted by molar-refractivity contribution is 9.10. The van der Waals surface area contributed by atoms with Crippen LogP contribution in [0, 0.1) is 5.82 Å². The lowest BCUT2D eigenvalue weighted by Crippen LogP contribution is -1.98. The van der Waals surface area contributed by atoms with Crippen LogP contribution in [0.5, 0.6) is 5.75 Å². The molecule has 2 nitrogen and oxygen atoms in total. The predicted octanol–water partition coefficient (Wildman–Crippen LogP) is 5.08. The van der Waals surface area contributed by atoms with E-state index in [-0.39, 0.29) is 0 Å². The minimum atomic E-state index is -0.521. The maximum atomic E-state index is 13.5. The molecule has 0 aliphatic rings. The summed E-state index contributed by atoms with van der Waals surface area (Å²) >= 11 is 9.54. The topological polar surface area (TPSA) is 22.4 Å². The van der Waals surface area contributed by atoms with Crippen LogP contribution in [-0.4, -0.2) is 7.11 Å². The van der Waals surface area contributed by atoms with E-state index in [1.807, 2.05) is 19.1 Å². The molecule has 2 aromatic rings. The van der Waals surface area contributed by atoms with E-state index in [1.54, 1.807) is 6.07 Å². The normalized spacial score (nSPS) is 12.5. The summed E-state index contributed by atoms with van der Waals surface area (Å²) in [6.07, 6.45) is 0.799. The van der Waals surface area contributed by atoms with E-state index in [4.69, 9.17) is 20.8 Å². The van der Waals surface area contributed by atoms with Gasteiger partial charge in [-0.05, 0) is 34.1 Å². The zero-order chi connectivity index (χ0) is 14.0. The minimum absolute atomic E-state index is 0.344. The van der Waals surface area contributed by atoms with Crippen molar-refractivity contribution in [1.29, 1.82) is 0 Å². The SMILES string of the molecule is CCc1ccc(C(Cl)c2cc(Br)c(F)cc2OC)o1. The van der Waals surface area contributed by atoms with Crippen molar-refractivity contribution in [2.75, 3.05) is 7.11 Å². The molecule has 102 valence electrons. The fourth-order valence-corrected chi connectivity index (χ4v) is 2.44. The van der Waals surface area contributed by atoms with E-state index in [1.165, 1.54) is 13.2 Å². The number of hydrogen-bond donors (Lipinski definition) is 0. The van der Waals surface area contributed by atoms with Crippen molar-refractivity contribution in [2.24, 2.45) is 0 Å². The molecule has 0 aliphatic carbocycles. The number of aryl methyl sites for hydroxylation is 1. The van der Waals surface area contributed by atoms with E-state index >= 15 is 0 Å². The molecular weight excluding hydrogens is 335 g/mol. The Balaban J connectivity index is 2.42. The molecule has 2 rings (SSSR count). The zero-order valence-corrected chi connectivity index (χ0v) is 12.9. The predicted molar refractivity (Wildman–Crippen MR) is 76.4 cm³/mol. The molecule has 1 unspecified atom stereocenters. The van der Waals surface area contributed by atoms with Crippen LogP contribution in [0.1, 0.15) is 29.4 Å². The Morgan fingerprint density at radius 1 is 1.42 bits per heavy atom. The molecule has 0 aliphatic heterocycles.